The van der Waals surface area contributed by atoms with E-state index in [1.807, 2.05) is 6.92 Å². The molecule has 94 valence electrons. The predicted octanol–water partition coefficient (Wildman–Crippen LogP) is 3.37. The van der Waals surface area contributed by atoms with Crippen LogP contribution in [0.4, 0.5) is 5.69 Å². The van der Waals surface area contributed by atoms with Crippen LogP contribution in [0.3, 0.4) is 0 Å². The second-order valence-electron chi connectivity index (χ2n) is 5.21. The van der Waals surface area contributed by atoms with Gasteiger partial charge in [-0.05, 0) is 42.9 Å². The molecule has 1 heterocycles. The summed E-state index contributed by atoms with van der Waals surface area (Å²) < 4.78 is 0. The molecule has 1 aromatic carbocycles. The van der Waals surface area contributed by atoms with Gasteiger partial charge < -0.3 is 10.0 Å². The molecule has 0 spiro atoms. The Morgan fingerprint density at radius 2 is 2.06 bits per heavy atom. The van der Waals surface area contributed by atoms with Crippen molar-refractivity contribution in [2.75, 3.05) is 18.0 Å². The summed E-state index contributed by atoms with van der Waals surface area (Å²) in [7, 11) is 0. The number of aliphatic hydroxyl groups excluding tert-OH is 1. The van der Waals surface area contributed by atoms with Crippen molar-refractivity contribution >= 4 is 5.69 Å². The number of benzene rings is 1. The van der Waals surface area contributed by atoms with E-state index in [-0.39, 0.29) is 6.10 Å². The third-order valence-electron chi connectivity index (χ3n) is 3.69. The Hall–Kier alpha value is -1.02. The summed E-state index contributed by atoms with van der Waals surface area (Å²) in [5, 5.41) is 9.76. The number of nitrogens with zero attached hydrogens (tertiary/aromatic N) is 1. The highest BCUT2D eigenvalue weighted by molar-refractivity contribution is 5.48. The van der Waals surface area contributed by atoms with Crippen LogP contribution < -0.4 is 4.90 Å². The largest absolute Gasteiger partial charge is 0.388 e. The summed E-state index contributed by atoms with van der Waals surface area (Å²) in [6, 6.07) is 8.41. The highest BCUT2D eigenvalue weighted by Gasteiger charge is 2.16. The van der Waals surface area contributed by atoms with Crippen molar-refractivity contribution < 1.29 is 5.11 Å². The Balaban J connectivity index is 2.06. The SMILES string of the molecule is CC[C@H](O)c1ccc(N2CCCC(C)C2)cc1. The Kier molecular flexibility index (Phi) is 4.06. The molecule has 0 amide bonds. The second-order valence-corrected chi connectivity index (χ2v) is 5.21. The maximum Gasteiger partial charge on any atom is 0.0787 e. The predicted molar refractivity (Wildman–Crippen MR) is 72.3 cm³/mol. The summed E-state index contributed by atoms with van der Waals surface area (Å²) in [6.45, 7) is 6.65. The number of anilines is 1. The number of hydrogen-bond donors (Lipinski definition) is 1. The minimum Gasteiger partial charge on any atom is -0.388 e. The molecule has 1 aliphatic heterocycles. The maximum absolute atomic E-state index is 9.76. The molecule has 0 radical (unpaired) electrons. The van der Waals surface area contributed by atoms with Gasteiger partial charge in [0.15, 0.2) is 0 Å². The zero-order chi connectivity index (χ0) is 12.3. The van der Waals surface area contributed by atoms with Gasteiger partial charge >= 0.3 is 0 Å². The van der Waals surface area contributed by atoms with Gasteiger partial charge in [-0.3, -0.25) is 0 Å². The number of hydrogen-bond acceptors (Lipinski definition) is 2. The Bertz CT molecular complexity index is 346. The molecule has 0 bridgehead atoms. The number of piperidine rings is 1. The van der Waals surface area contributed by atoms with Crippen LogP contribution in [0.25, 0.3) is 0 Å². The van der Waals surface area contributed by atoms with Gasteiger partial charge in [0.05, 0.1) is 6.10 Å². The van der Waals surface area contributed by atoms with Crippen LogP contribution in [0, 0.1) is 5.92 Å². The lowest BCUT2D eigenvalue weighted by Gasteiger charge is -2.33. The first-order valence-corrected chi connectivity index (χ1v) is 6.73. The standard InChI is InChI=1S/C15H23NO/c1-3-15(17)13-6-8-14(9-7-13)16-10-4-5-12(2)11-16/h6-9,12,15,17H,3-5,10-11H2,1-2H3/t12?,15-/m0/s1. The number of aliphatic hydroxyl groups is 1. The average Bonchev–Trinajstić information content (AvgIpc) is 2.38. The monoisotopic (exact) mass is 233 g/mol. The minimum absolute atomic E-state index is 0.315. The minimum atomic E-state index is -0.315. The van der Waals surface area contributed by atoms with Crippen molar-refractivity contribution in [3.63, 3.8) is 0 Å². The van der Waals surface area contributed by atoms with Crippen molar-refractivity contribution in [3.8, 4) is 0 Å². The van der Waals surface area contributed by atoms with Gasteiger partial charge in [-0.2, -0.15) is 0 Å². The smallest absolute Gasteiger partial charge is 0.0787 e. The molecule has 1 saturated heterocycles. The van der Waals surface area contributed by atoms with Crippen molar-refractivity contribution in [2.24, 2.45) is 5.92 Å². The topological polar surface area (TPSA) is 23.5 Å². The molecule has 0 saturated carbocycles. The van der Waals surface area contributed by atoms with E-state index in [0.29, 0.717) is 0 Å². The van der Waals surface area contributed by atoms with Gasteiger partial charge in [-0.1, -0.05) is 26.0 Å². The van der Waals surface area contributed by atoms with Crippen molar-refractivity contribution in [1.82, 2.24) is 0 Å². The van der Waals surface area contributed by atoms with E-state index in [1.165, 1.54) is 25.1 Å². The highest BCUT2D eigenvalue weighted by Crippen LogP contribution is 2.25. The fourth-order valence-electron chi connectivity index (χ4n) is 2.57. The van der Waals surface area contributed by atoms with Gasteiger partial charge in [0, 0.05) is 18.8 Å². The molecule has 1 aromatic rings. The Labute approximate surface area is 104 Å². The molecule has 0 aliphatic carbocycles. The summed E-state index contributed by atoms with van der Waals surface area (Å²) in [5.74, 6) is 0.796. The molecule has 1 N–H and O–H groups in total. The molecule has 2 nitrogen and oxygen atoms in total. The molecule has 1 fully saturated rings. The third kappa shape index (κ3) is 3.01. The van der Waals surface area contributed by atoms with E-state index >= 15 is 0 Å². The van der Waals surface area contributed by atoms with Crippen LogP contribution in [0.2, 0.25) is 0 Å². The van der Waals surface area contributed by atoms with E-state index in [1.54, 1.807) is 0 Å². The summed E-state index contributed by atoms with van der Waals surface area (Å²) in [4.78, 5) is 2.45. The fourth-order valence-corrected chi connectivity index (χ4v) is 2.57. The van der Waals surface area contributed by atoms with Gasteiger partial charge in [-0.15, -0.1) is 0 Å². The third-order valence-corrected chi connectivity index (χ3v) is 3.69. The summed E-state index contributed by atoms with van der Waals surface area (Å²) >= 11 is 0. The second kappa shape index (κ2) is 5.54. The lowest BCUT2D eigenvalue weighted by Crippen LogP contribution is -2.34. The molecule has 0 aromatic heterocycles. The molecule has 2 rings (SSSR count). The molecule has 17 heavy (non-hydrogen) atoms. The van der Waals surface area contributed by atoms with Gasteiger partial charge in [0.25, 0.3) is 0 Å². The van der Waals surface area contributed by atoms with Crippen molar-refractivity contribution in [1.29, 1.82) is 0 Å². The first kappa shape index (κ1) is 12.4. The zero-order valence-electron chi connectivity index (χ0n) is 10.9. The lowest BCUT2D eigenvalue weighted by atomic mass is 9.99. The molecule has 2 atom stereocenters. The quantitative estimate of drug-likeness (QED) is 0.865. The van der Waals surface area contributed by atoms with E-state index in [0.717, 1.165) is 24.4 Å². The van der Waals surface area contributed by atoms with E-state index < -0.39 is 0 Å². The lowest BCUT2D eigenvalue weighted by molar-refractivity contribution is 0.173. The molecule has 2 heteroatoms. The average molecular weight is 233 g/mol. The molecule has 1 unspecified atom stereocenters. The van der Waals surface area contributed by atoms with Crippen LogP contribution >= 0.6 is 0 Å². The Morgan fingerprint density at radius 1 is 1.35 bits per heavy atom. The first-order valence-electron chi connectivity index (χ1n) is 6.73. The fraction of sp³-hybridized carbons (Fsp3) is 0.600. The summed E-state index contributed by atoms with van der Waals surface area (Å²) in [5.41, 5.74) is 2.32. The normalized spacial score (nSPS) is 22.5. The molecular weight excluding hydrogens is 210 g/mol. The summed E-state index contributed by atoms with van der Waals surface area (Å²) in [6.07, 6.45) is 3.10. The first-order chi connectivity index (χ1) is 8.20. The zero-order valence-corrected chi connectivity index (χ0v) is 10.9. The van der Waals surface area contributed by atoms with Crippen LogP contribution in [0.15, 0.2) is 24.3 Å². The van der Waals surface area contributed by atoms with Gasteiger partial charge in [0.1, 0.15) is 0 Å². The van der Waals surface area contributed by atoms with Crippen LogP contribution in [-0.2, 0) is 0 Å². The maximum atomic E-state index is 9.76. The van der Waals surface area contributed by atoms with E-state index in [2.05, 4.69) is 36.1 Å². The Morgan fingerprint density at radius 3 is 2.65 bits per heavy atom. The number of rotatable bonds is 3. The van der Waals surface area contributed by atoms with Gasteiger partial charge in [0.2, 0.25) is 0 Å². The molecule has 1 aliphatic rings. The van der Waals surface area contributed by atoms with E-state index in [4.69, 9.17) is 0 Å². The van der Waals surface area contributed by atoms with Gasteiger partial charge in [-0.25, -0.2) is 0 Å². The van der Waals surface area contributed by atoms with E-state index in [9.17, 15) is 5.11 Å². The van der Waals surface area contributed by atoms with Crippen molar-refractivity contribution in [2.45, 2.75) is 39.2 Å². The van der Waals surface area contributed by atoms with Crippen LogP contribution in [0.1, 0.15) is 44.8 Å². The molecular formula is C15H23NO. The van der Waals surface area contributed by atoms with Crippen LogP contribution in [-0.4, -0.2) is 18.2 Å². The van der Waals surface area contributed by atoms with Crippen LogP contribution in [0.5, 0.6) is 0 Å². The highest BCUT2D eigenvalue weighted by atomic mass is 16.3. The van der Waals surface area contributed by atoms with Crippen molar-refractivity contribution in [3.05, 3.63) is 29.8 Å².